The highest BCUT2D eigenvalue weighted by Gasteiger charge is 2.13. The summed E-state index contributed by atoms with van der Waals surface area (Å²) in [4.78, 5) is 0. The van der Waals surface area contributed by atoms with Crippen molar-refractivity contribution in [2.45, 2.75) is 118 Å². The zero-order valence-electron chi connectivity index (χ0n) is 19.9. The minimum Gasteiger partial charge on any atom is -0.0625 e. The van der Waals surface area contributed by atoms with Crippen LogP contribution in [0.5, 0.6) is 0 Å². The van der Waals surface area contributed by atoms with Gasteiger partial charge in [-0.25, -0.2) is 0 Å². The fourth-order valence-corrected chi connectivity index (χ4v) is 4.71. The maximum absolute atomic E-state index is 2.37. The van der Waals surface area contributed by atoms with Gasteiger partial charge < -0.3 is 0 Å². The third-order valence-corrected chi connectivity index (χ3v) is 6.68. The maximum atomic E-state index is 2.37. The minimum absolute atomic E-state index is 1.01. The van der Waals surface area contributed by atoms with Crippen LogP contribution in [0.3, 0.4) is 0 Å². The lowest BCUT2D eigenvalue weighted by Gasteiger charge is -2.22. The van der Waals surface area contributed by atoms with Gasteiger partial charge in [0.2, 0.25) is 0 Å². The first kappa shape index (κ1) is 25.3. The van der Waals surface area contributed by atoms with E-state index in [0.29, 0.717) is 0 Å². The molecule has 3 saturated carbocycles. The van der Waals surface area contributed by atoms with Crippen molar-refractivity contribution in [2.24, 2.45) is 23.7 Å². The molecule has 3 aliphatic rings. The Balaban J connectivity index is 0.000000188. The van der Waals surface area contributed by atoms with Crippen molar-refractivity contribution in [3.8, 4) is 0 Å². The summed E-state index contributed by atoms with van der Waals surface area (Å²) in [6, 6.07) is 10.3. The summed E-state index contributed by atoms with van der Waals surface area (Å²) in [6.07, 6.45) is 19.3. The molecule has 1 aromatic rings. The third kappa shape index (κ3) is 14.3. The molecule has 0 saturated heterocycles. The predicted octanol–water partition coefficient (Wildman–Crippen LogP) is 9.61. The Bertz CT molecular complexity index is 428. The molecule has 0 aromatic heterocycles. The third-order valence-electron chi connectivity index (χ3n) is 6.68. The van der Waals surface area contributed by atoms with Crippen LogP contribution < -0.4 is 0 Å². The van der Waals surface area contributed by atoms with E-state index in [4.69, 9.17) is 0 Å². The van der Waals surface area contributed by atoms with Crippen LogP contribution in [0.1, 0.15) is 117 Å². The fourth-order valence-electron chi connectivity index (χ4n) is 4.71. The second kappa shape index (κ2) is 16.1. The first-order chi connectivity index (χ1) is 13.5. The van der Waals surface area contributed by atoms with Crippen molar-refractivity contribution in [3.63, 3.8) is 0 Å². The second-order valence-electron chi connectivity index (χ2n) is 10.2. The molecule has 0 spiro atoms. The highest BCUT2D eigenvalue weighted by molar-refractivity contribution is 5.11. The summed E-state index contributed by atoms with van der Waals surface area (Å²) >= 11 is 0. The van der Waals surface area contributed by atoms with Gasteiger partial charge in [-0.05, 0) is 37.0 Å². The van der Waals surface area contributed by atoms with E-state index >= 15 is 0 Å². The number of rotatable bonds is 0. The molecule has 4 rings (SSSR count). The van der Waals surface area contributed by atoms with Gasteiger partial charge in [-0.2, -0.15) is 0 Å². The van der Waals surface area contributed by atoms with Crippen LogP contribution in [0, 0.1) is 30.6 Å². The van der Waals surface area contributed by atoms with Crippen LogP contribution in [0.15, 0.2) is 30.3 Å². The molecule has 1 aromatic carbocycles. The van der Waals surface area contributed by atoms with Gasteiger partial charge in [0.25, 0.3) is 0 Å². The van der Waals surface area contributed by atoms with E-state index in [1.54, 1.807) is 0 Å². The van der Waals surface area contributed by atoms with Gasteiger partial charge in [-0.1, -0.05) is 141 Å². The Morgan fingerprint density at radius 2 is 0.893 bits per heavy atom. The van der Waals surface area contributed by atoms with Crippen molar-refractivity contribution in [3.05, 3.63) is 35.9 Å². The molecule has 0 heteroatoms. The molecule has 2 atom stereocenters. The van der Waals surface area contributed by atoms with E-state index in [0.717, 1.165) is 23.7 Å². The highest BCUT2D eigenvalue weighted by atomic mass is 14.2. The molecule has 0 heterocycles. The molecule has 3 fully saturated rings. The van der Waals surface area contributed by atoms with Crippen molar-refractivity contribution >= 4 is 0 Å². The molecule has 0 radical (unpaired) electrons. The quantitative estimate of drug-likeness (QED) is 0.416. The number of hydrogen-bond donors (Lipinski definition) is 0. The second-order valence-corrected chi connectivity index (χ2v) is 10.2. The normalized spacial score (nSPS) is 25.3. The van der Waals surface area contributed by atoms with Crippen LogP contribution in [-0.4, -0.2) is 0 Å². The summed E-state index contributed by atoms with van der Waals surface area (Å²) in [5.41, 5.74) is 1.32. The van der Waals surface area contributed by atoms with E-state index < -0.39 is 0 Å². The van der Waals surface area contributed by atoms with Crippen molar-refractivity contribution in [2.75, 3.05) is 0 Å². The molecule has 0 aliphatic heterocycles. The van der Waals surface area contributed by atoms with Crippen LogP contribution in [0.4, 0.5) is 0 Å². The van der Waals surface area contributed by atoms with E-state index in [2.05, 4.69) is 46.8 Å². The molecule has 2 unspecified atom stereocenters. The lowest BCUT2D eigenvalue weighted by molar-refractivity contribution is 0.301. The molecule has 162 valence electrons. The Kier molecular flexibility index (Phi) is 14.5. The monoisotopic (exact) mass is 386 g/mol. The summed E-state index contributed by atoms with van der Waals surface area (Å²) in [6.45, 7) is 11.5. The van der Waals surface area contributed by atoms with E-state index in [1.165, 1.54) is 89.0 Å². The lowest BCUT2D eigenvalue weighted by atomic mass is 9.84. The standard InChI is InChI=1S/C8H16.C7H14.C7H8.C6H12/c1-7-4-3-5-8(2)6-7;2*1-7-5-3-2-4-6-7;1-6-4-2-3-5-6/h7-8H,3-6H2,1-2H3;7H,2-6H2,1H3;2-6H,1H3;6H,2-5H2,1H3. The van der Waals surface area contributed by atoms with Gasteiger partial charge in [0, 0.05) is 0 Å². The van der Waals surface area contributed by atoms with Gasteiger partial charge in [0.15, 0.2) is 0 Å². The maximum Gasteiger partial charge on any atom is -0.0398 e. The van der Waals surface area contributed by atoms with E-state index in [1.807, 2.05) is 18.2 Å². The van der Waals surface area contributed by atoms with Gasteiger partial charge in [0.1, 0.15) is 0 Å². The zero-order valence-corrected chi connectivity index (χ0v) is 19.9. The molecule has 0 amide bonds. The molecule has 0 bridgehead atoms. The Morgan fingerprint density at radius 1 is 0.500 bits per heavy atom. The summed E-state index contributed by atoms with van der Waals surface area (Å²) in [5, 5.41) is 0. The number of benzene rings is 1. The molecule has 28 heavy (non-hydrogen) atoms. The van der Waals surface area contributed by atoms with Crippen LogP contribution >= 0.6 is 0 Å². The first-order valence-electron chi connectivity index (χ1n) is 12.5. The van der Waals surface area contributed by atoms with Crippen LogP contribution in [0.2, 0.25) is 0 Å². The topological polar surface area (TPSA) is 0 Å². The SMILES string of the molecule is CC1CCCC(C)C1.CC1CCCC1.CC1CCCCC1.Cc1ccccc1. The molecule has 0 N–H and O–H groups in total. The summed E-state index contributed by atoms with van der Waals surface area (Å²) in [7, 11) is 0. The lowest BCUT2D eigenvalue weighted by Crippen LogP contribution is -2.09. The van der Waals surface area contributed by atoms with Crippen molar-refractivity contribution < 1.29 is 0 Å². The smallest absolute Gasteiger partial charge is 0.0398 e. The first-order valence-corrected chi connectivity index (χ1v) is 12.5. The van der Waals surface area contributed by atoms with Crippen LogP contribution in [-0.2, 0) is 0 Å². The predicted molar refractivity (Wildman–Crippen MR) is 128 cm³/mol. The van der Waals surface area contributed by atoms with Crippen molar-refractivity contribution in [1.82, 2.24) is 0 Å². The van der Waals surface area contributed by atoms with Gasteiger partial charge in [-0.3, -0.25) is 0 Å². The van der Waals surface area contributed by atoms with Gasteiger partial charge in [-0.15, -0.1) is 0 Å². The number of aryl methyl sites for hydroxylation is 1. The Labute approximate surface area is 177 Å². The molecular weight excluding hydrogens is 336 g/mol. The van der Waals surface area contributed by atoms with Crippen LogP contribution in [0.25, 0.3) is 0 Å². The van der Waals surface area contributed by atoms with E-state index in [-0.39, 0.29) is 0 Å². The molecular formula is C28H50. The summed E-state index contributed by atoms with van der Waals surface area (Å²) < 4.78 is 0. The molecule has 3 aliphatic carbocycles. The fraction of sp³-hybridized carbons (Fsp3) is 0.786. The minimum atomic E-state index is 1.01. The average Bonchev–Trinajstić information content (AvgIpc) is 3.15. The number of hydrogen-bond acceptors (Lipinski definition) is 0. The Hall–Kier alpha value is -0.780. The van der Waals surface area contributed by atoms with Crippen molar-refractivity contribution in [1.29, 1.82) is 0 Å². The Morgan fingerprint density at radius 3 is 1.11 bits per heavy atom. The zero-order chi connectivity index (χ0) is 20.6. The van der Waals surface area contributed by atoms with E-state index in [9.17, 15) is 0 Å². The van der Waals surface area contributed by atoms with Gasteiger partial charge >= 0.3 is 0 Å². The largest absolute Gasteiger partial charge is 0.0625 e. The average molecular weight is 387 g/mol. The highest BCUT2D eigenvalue weighted by Crippen LogP contribution is 2.27. The van der Waals surface area contributed by atoms with Gasteiger partial charge in [0.05, 0.1) is 0 Å². The summed E-state index contributed by atoms with van der Waals surface area (Å²) in [5.74, 6) is 4.11. The molecule has 0 nitrogen and oxygen atoms in total.